The first-order valence-electron chi connectivity index (χ1n) is 6.02. The molecule has 19 heavy (non-hydrogen) atoms. The van der Waals surface area contributed by atoms with Crippen LogP contribution in [0.2, 0.25) is 0 Å². The first-order valence-corrected chi connectivity index (χ1v) is 7.50. The Morgan fingerprint density at radius 3 is 3.00 bits per heavy atom. The highest BCUT2D eigenvalue weighted by molar-refractivity contribution is 7.89. The van der Waals surface area contributed by atoms with Crippen molar-refractivity contribution in [3.8, 4) is 0 Å². The van der Waals surface area contributed by atoms with E-state index in [0.717, 1.165) is 5.70 Å². The van der Waals surface area contributed by atoms with Gasteiger partial charge in [-0.2, -0.15) is 5.10 Å². The van der Waals surface area contributed by atoms with E-state index < -0.39 is 10.0 Å². The Hall–Kier alpha value is -1.67. The zero-order valence-corrected chi connectivity index (χ0v) is 11.3. The molecule has 3 heterocycles. The first kappa shape index (κ1) is 12.4. The third-order valence-electron chi connectivity index (χ3n) is 3.18. The highest BCUT2D eigenvalue weighted by Crippen LogP contribution is 2.23. The fourth-order valence-electron chi connectivity index (χ4n) is 2.31. The van der Waals surface area contributed by atoms with Crippen molar-refractivity contribution < 1.29 is 8.42 Å². The largest absolute Gasteiger partial charge is 0.335 e. The summed E-state index contributed by atoms with van der Waals surface area (Å²) in [5.41, 5.74) is 1.13. The van der Waals surface area contributed by atoms with Crippen LogP contribution in [0.4, 0.5) is 0 Å². The summed E-state index contributed by atoms with van der Waals surface area (Å²) < 4.78 is 28.5. The van der Waals surface area contributed by atoms with E-state index >= 15 is 0 Å². The summed E-state index contributed by atoms with van der Waals surface area (Å²) in [6.07, 6.45) is 6.10. The lowest BCUT2D eigenvalue weighted by Gasteiger charge is -2.16. The lowest BCUT2D eigenvalue weighted by molar-refractivity contribution is 0.525. The molecule has 0 spiro atoms. The number of nitrogens with one attached hydrogen (secondary N) is 1. The second kappa shape index (κ2) is 4.46. The minimum Gasteiger partial charge on any atom is -0.335 e. The maximum absolute atomic E-state index is 12.1. The maximum atomic E-state index is 12.1. The van der Waals surface area contributed by atoms with Crippen LogP contribution in [0.1, 0.15) is 6.42 Å². The Morgan fingerprint density at radius 2 is 2.32 bits per heavy atom. The van der Waals surface area contributed by atoms with Gasteiger partial charge in [-0.1, -0.05) is 0 Å². The number of hydrogen-bond acceptors (Lipinski definition) is 5. The lowest BCUT2D eigenvalue weighted by atomic mass is 10.2. The minimum atomic E-state index is -3.55. The number of hydrogen-bond donors (Lipinski definition) is 1. The number of nitrogens with zero attached hydrogens (tertiary/aromatic N) is 4. The molecule has 0 aromatic carbocycles. The molecule has 7 nitrogen and oxygen atoms in total. The molecule has 8 heteroatoms. The summed E-state index contributed by atoms with van der Waals surface area (Å²) in [5, 5.41) is 3.98. The molecule has 1 N–H and O–H groups in total. The zero-order valence-electron chi connectivity index (χ0n) is 10.5. The topological polar surface area (TPSA) is 79.6 Å². The summed E-state index contributed by atoms with van der Waals surface area (Å²) in [6, 6.07) is 1.36. The molecule has 102 valence electrons. The van der Waals surface area contributed by atoms with Crippen molar-refractivity contribution in [2.75, 3.05) is 13.1 Å². The van der Waals surface area contributed by atoms with Gasteiger partial charge in [0.15, 0.2) is 5.03 Å². The van der Waals surface area contributed by atoms with Crippen molar-refractivity contribution in [3.05, 3.63) is 24.0 Å². The van der Waals surface area contributed by atoms with Crippen molar-refractivity contribution in [2.24, 2.45) is 12.0 Å². The number of aryl methyl sites for hydroxylation is 1. The van der Waals surface area contributed by atoms with Crippen molar-refractivity contribution >= 4 is 16.4 Å². The van der Waals surface area contributed by atoms with Gasteiger partial charge in [-0.25, -0.2) is 13.1 Å². The number of aromatic nitrogens is 2. The van der Waals surface area contributed by atoms with Crippen LogP contribution in [0.15, 0.2) is 34.1 Å². The summed E-state index contributed by atoms with van der Waals surface area (Å²) >= 11 is 0. The van der Waals surface area contributed by atoms with E-state index in [1.165, 1.54) is 10.7 Å². The molecule has 1 fully saturated rings. The molecule has 1 atom stereocenters. The van der Waals surface area contributed by atoms with E-state index in [1.54, 1.807) is 19.6 Å². The Kier molecular flexibility index (Phi) is 2.90. The van der Waals surface area contributed by atoms with Gasteiger partial charge in [0.25, 0.3) is 10.0 Å². The molecular weight excluding hydrogens is 266 g/mol. The molecule has 0 saturated carbocycles. The van der Waals surface area contributed by atoms with Gasteiger partial charge in [0.1, 0.15) is 0 Å². The van der Waals surface area contributed by atoms with Gasteiger partial charge in [0.05, 0.1) is 12.9 Å². The van der Waals surface area contributed by atoms with Crippen LogP contribution < -0.4 is 4.72 Å². The van der Waals surface area contributed by atoms with E-state index in [0.29, 0.717) is 19.5 Å². The van der Waals surface area contributed by atoms with Gasteiger partial charge in [-0.15, -0.1) is 0 Å². The van der Waals surface area contributed by atoms with E-state index in [9.17, 15) is 8.42 Å². The van der Waals surface area contributed by atoms with E-state index in [1.807, 2.05) is 11.0 Å². The number of rotatable bonds is 3. The molecular formula is C11H15N5O2S. The van der Waals surface area contributed by atoms with Crippen LogP contribution in [0.3, 0.4) is 0 Å². The number of fused-ring (bicyclic) bond motifs is 1. The Labute approximate surface area is 111 Å². The molecule has 0 radical (unpaired) electrons. The van der Waals surface area contributed by atoms with Crippen LogP contribution >= 0.6 is 0 Å². The Morgan fingerprint density at radius 1 is 1.47 bits per heavy atom. The fraction of sp³-hybridized carbons (Fsp3) is 0.455. The zero-order chi connectivity index (χ0) is 13.5. The fourth-order valence-corrected chi connectivity index (χ4v) is 3.50. The smallest absolute Gasteiger partial charge is 0.260 e. The van der Waals surface area contributed by atoms with Gasteiger partial charge < -0.3 is 4.90 Å². The van der Waals surface area contributed by atoms with Crippen molar-refractivity contribution in [1.29, 1.82) is 0 Å². The third-order valence-corrected chi connectivity index (χ3v) is 4.59. The van der Waals surface area contributed by atoms with Gasteiger partial charge in [-0.05, 0) is 12.1 Å². The van der Waals surface area contributed by atoms with Crippen LogP contribution in [0.5, 0.6) is 0 Å². The second-order valence-electron chi connectivity index (χ2n) is 4.68. The van der Waals surface area contributed by atoms with Gasteiger partial charge >= 0.3 is 0 Å². The summed E-state index contributed by atoms with van der Waals surface area (Å²) in [4.78, 5) is 6.13. The molecule has 0 unspecified atom stereocenters. The quantitative estimate of drug-likeness (QED) is 0.825. The van der Waals surface area contributed by atoms with E-state index in [4.69, 9.17) is 0 Å². The van der Waals surface area contributed by atoms with E-state index in [2.05, 4.69) is 14.8 Å². The number of aliphatic imine (C=N–C) groups is 1. The summed E-state index contributed by atoms with van der Waals surface area (Å²) in [5.74, 6) is 0. The summed E-state index contributed by atoms with van der Waals surface area (Å²) in [6.45, 7) is 1.28. The average molecular weight is 281 g/mol. The van der Waals surface area contributed by atoms with Crippen LogP contribution in [-0.2, 0) is 17.1 Å². The summed E-state index contributed by atoms with van der Waals surface area (Å²) in [7, 11) is -1.86. The van der Waals surface area contributed by atoms with Crippen LogP contribution in [0.25, 0.3) is 0 Å². The monoisotopic (exact) mass is 281 g/mol. The van der Waals surface area contributed by atoms with Crippen LogP contribution in [-0.4, -0.2) is 48.6 Å². The first-order chi connectivity index (χ1) is 9.04. The van der Waals surface area contributed by atoms with Gasteiger partial charge in [0, 0.05) is 37.9 Å². The van der Waals surface area contributed by atoms with Gasteiger partial charge in [-0.3, -0.25) is 9.67 Å². The van der Waals surface area contributed by atoms with Crippen molar-refractivity contribution in [1.82, 2.24) is 19.4 Å². The normalized spacial score (nSPS) is 22.5. The van der Waals surface area contributed by atoms with E-state index in [-0.39, 0.29) is 11.1 Å². The standard InChI is InChI=1S/C11H15N5O2S/c1-15-5-3-11(13-15)19(17,18)14-9-6-10-2-4-12-8-16(10)7-9/h2-3,5,8-9,14H,4,6-7H2,1H3/t9-/m0/s1. The van der Waals surface area contributed by atoms with Crippen molar-refractivity contribution in [3.63, 3.8) is 0 Å². The second-order valence-corrected chi connectivity index (χ2v) is 6.34. The molecule has 0 aliphatic carbocycles. The van der Waals surface area contributed by atoms with Crippen LogP contribution in [0, 0.1) is 0 Å². The minimum absolute atomic E-state index is 0.0579. The molecule has 2 aliphatic rings. The molecule has 2 aliphatic heterocycles. The lowest BCUT2D eigenvalue weighted by Crippen LogP contribution is -2.37. The maximum Gasteiger partial charge on any atom is 0.260 e. The molecule has 1 aromatic heterocycles. The Balaban J connectivity index is 1.74. The molecule has 1 aromatic rings. The third kappa shape index (κ3) is 2.41. The van der Waals surface area contributed by atoms with Crippen molar-refractivity contribution in [2.45, 2.75) is 17.5 Å². The highest BCUT2D eigenvalue weighted by Gasteiger charge is 2.31. The number of sulfonamides is 1. The SMILES string of the molecule is Cn1ccc(S(=O)(=O)N[C@H]2CC3=CCN=CN3C2)n1. The van der Waals surface area contributed by atoms with Gasteiger partial charge in [0.2, 0.25) is 0 Å². The molecule has 1 saturated heterocycles. The predicted octanol–water partition coefficient (Wildman–Crippen LogP) is -0.302. The molecule has 0 amide bonds. The molecule has 0 bridgehead atoms. The average Bonchev–Trinajstić information content (AvgIpc) is 2.94. The predicted molar refractivity (Wildman–Crippen MR) is 70.1 cm³/mol. The molecule has 3 rings (SSSR count). The highest BCUT2D eigenvalue weighted by atomic mass is 32.2. The Bertz CT molecular complexity index is 646.